The Balaban J connectivity index is 0.000000251. The number of nitrogens with one attached hydrogen (secondary N) is 6. The maximum atomic E-state index is 13.5. The number of nitrogens with zero attached hydrogens (tertiary/aromatic N) is 4. The van der Waals surface area contributed by atoms with Crippen LogP contribution in [0.5, 0.6) is 11.5 Å². The molecule has 2 aliphatic carbocycles. The Labute approximate surface area is 477 Å². The largest absolute Gasteiger partial charge is 0.480 e. The van der Waals surface area contributed by atoms with Crippen molar-refractivity contribution in [2.75, 3.05) is 21.7 Å². The van der Waals surface area contributed by atoms with Gasteiger partial charge in [0.05, 0.1) is 35.6 Å². The molecule has 2 saturated carbocycles. The molecule has 0 radical (unpaired) electrons. The summed E-state index contributed by atoms with van der Waals surface area (Å²) in [6.07, 6.45) is 4.41. The van der Waals surface area contributed by atoms with Crippen molar-refractivity contribution in [1.29, 1.82) is 5.41 Å². The lowest BCUT2D eigenvalue weighted by molar-refractivity contribution is -0.138. The number of aliphatic carboxylic acids is 1. The Bertz CT molecular complexity index is 3510. The SMILES string of the molecule is CC(C)Nc1ncc(-c2cc(N)cc(OC(=O)C3CC3)c2)n(CC(=O)NCc2ccc(C(=N)NC(=O)OCc3ccccc3)cc2)c1=O.CC(C)Nc1ncc(-c2cc(NC(=O)OC(C)(C)C)cc(OC(=O)C3CC3)c2)n(CC(=O)O)c1=O. The normalized spacial score (nSPS) is 12.7. The lowest BCUT2D eigenvalue weighted by atomic mass is 10.1. The summed E-state index contributed by atoms with van der Waals surface area (Å²) in [6.45, 7) is 11.8. The standard InChI is InChI=1S/C35H37N7O6.C24H30N4O7/c1-21(2)40-32-33(44)42(29(18-39-32)26-14-27(36)16-28(15-26)48-34(45)25-12-13-25)19-30(43)38-17-22-8-10-24(11-9-22)31(37)41-35(46)47-20-23-6-4-3-5-7-23;1-13(2)26-20-21(31)28(12-19(29)30)18(11-25-20)15-8-16(27-23(33)35-24(3,4)5)10-17(9-15)34-22(32)14-6-7-14/h3-11,14-16,18,21,25H,12-13,17,19-20,36H2,1-2H3,(H,38,43)(H,39,40)(H2,37,41,46);8-11,13-14H,6-7,12H2,1-5H3,(H,25,26)(H,27,33)(H,29,30). The molecule has 2 fully saturated rings. The number of carboxylic acids is 1. The molecule has 2 heterocycles. The van der Waals surface area contributed by atoms with Crippen molar-refractivity contribution in [2.24, 2.45) is 11.8 Å². The quantitative estimate of drug-likeness (QED) is 0.0119. The van der Waals surface area contributed by atoms with Crippen LogP contribution >= 0.6 is 0 Å². The van der Waals surface area contributed by atoms with Crippen molar-refractivity contribution < 1.29 is 52.8 Å². The van der Waals surface area contributed by atoms with E-state index in [1.54, 1.807) is 57.2 Å². The third kappa shape index (κ3) is 18.3. The summed E-state index contributed by atoms with van der Waals surface area (Å²) in [6, 6.07) is 24.9. The van der Waals surface area contributed by atoms with Gasteiger partial charge in [-0.3, -0.25) is 53.9 Å². The minimum Gasteiger partial charge on any atom is -0.480 e. The van der Waals surface area contributed by atoms with E-state index >= 15 is 0 Å². The van der Waals surface area contributed by atoms with Crippen LogP contribution in [0, 0.1) is 17.2 Å². The number of nitrogens with two attached hydrogens (primary N) is 1. The number of aromatic nitrogens is 4. The number of ether oxygens (including phenoxy) is 4. The molecule has 0 spiro atoms. The highest BCUT2D eigenvalue weighted by Crippen LogP contribution is 2.35. The first-order valence-electron chi connectivity index (χ1n) is 26.7. The molecule has 0 atom stereocenters. The van der Waals surface area contributed by atoms with Crippen LogP contribution in [0.15, 0.2) is 113 Å². The highest BCUT2D eigenvalue weighted by Gasteiger charge is 2.33. The molecule has 2 aromatic heterocycles. The van der Waals surface area contributed by atoms with Crippen molar-refractivity contribution in [2.45, 2.75) is 118 Å². The predicted octanol–water partition coefficient (Wildman–Crippen LogP) is 7.67. The minimum absolute atomic E-state index is 0.00780. The fraction of sp³-hybridized carbons (Fsp3) is 0.339. The lowest BCUT2D eigenvalue weighted by Gasteiger charge is -2.20. The highest BCUT2D eigenvalue weighted by atomic mass is 16.6. The zero-order valence-corrected chi connectivity index (χ0v) is 47.0. The number of benzene rings is 4. The predicted molar refractivity (Wildman–Crippen MR) is 309 cm³/mol. The number of rotatable bonds is 20. The molecule has 0 aliphatic heterocycles. The fourth-order valence-electron chi connectivity index (χ4n) is 7.92. The number of carbonyl (C=O) groups is 6. The first-order valence-corrected chi connectivity index (χ1v) is 26.7. The summed E-state index contributed by atoms with van der Waals surface area (Å²) in [5.74, 6) is -2.36. The summed E-state index contributed by atoms with van der Waals surface area (Å²) < 4.78 is 23.8. The van der Waals surface area contributed by atoms with E-state index < -0.39 is 53.3 Å². The Hall–Kier alpha value is -9.87. The molecule has 24 nitrogen and oxygen atoms in total. The van der Waals surface area contributed by atoms with Gasteiger partial charge in [-0.1, -0.05) is 54.6 Å². The van der Waals surface area contributed by atoms with E-state index in [2.05, 4.69) is 36.6 Å². The van der Waals surface area contributed by atoms with Gasteiger partial charge in [-0.05, 0) is 110 Å². The molecule has 4 aromatic carbocycles. The van der Waals surface area contributed by atoms with Gasteiger partial charge in [-0.25, -0.2) is 19.6 Å². The van der Waals surface area contributed by atoms with E-state index in [4.69, 9.17) is 30.1 Å². The van der Waals surface area contributed by atoms with Gasteiger partial charge in [-0.15, -0.1) is 0 Å². The Morgan fingerprint density at radius 3 is 1.75 bits per heavy atom. The van der Waals surface area contributed by atoms with E-state index in [1.807, 2.05) is 58.0 Å². The van der Waals surface area contributed by atoms with E-state index in [1.165, 1.54) is 41.2 Å². The average Bonchev–Trinajstić information content (AvgIpc) is 4.01. The van der Waals surface area contributed by atoms with Gasteiger partial charge < -0.3 is 45.7 Å². The number of amides is 3. The number of anilines is 4. The molecule has 0 unspecified atom stereocenters. The van der Waals surface area contributed by atoms with Crippen LogP contribution in [-0.4, -0.2) is 83.7 Å². The number of amidine groups is 1. The van der Waals surface area contributed by atoms with E-state index in [0.29, 0.717) is 28.1 Å². The molecule has 0 bridgehead atoms. The van der Waals surface area contributed by atoms with Gasteiger partial charge in [0.1, 0.15) is 42.6 Å². The van der Waals surface area contributed by atoms with Crippen LogP contribution in [0.2, 0.25) is 0 Å². The van der Waals surface area contributed by atoms with Crippen molar-refractivity contribution in [1.82, 2.24) is 29.7 Å². The van der Waals surface area contributed by atoms with E-state index in [0.717, 1.165) is 41.4 Å². The minimum atomic E-state index is -1.22. The Morgan fingerprint density at radius 1 is 0.699 bits per heavy atom. The molecule has 83 heavy (non-hydrogen) atoms. The topological polar surface area (TPSA) is 339 Å². The van der Waals surface area contributed by atoms with Crippen LogP contribution in [0.3, 0.4) is 0 Å². The number of esters is 2. The molecular weight excluding hydrogens is 1070 g/mol. The second-order valence-corrected chi connectivity index (χ2v) is 21.3. The number of carbonyl (C=O) groups excluding carboxylic acids is 5. The summed E-state index contributed by atoms with van der Waals surface area (Å²) in [5.41, 5.74) is 8.06. The summed E-state index contributed by atoms with van der Waals surface area (Å²) in [5, 5.41) is 31.3. The summed E-state index contributed by atoms with van der Waals surface area (Å²) in [4.78, 5) is 109. The maximum Gasteiger partial charge on any atom is 0.413 e. The number of hydrogen-bond acceptors (Lipinski definition) is 18. The zero-order valence-electron chi connectivity index (χ0n) is 47.0. The van der Waals surface area contributed by atoms with Gasteiger partial charge in [0.15, 0.2) is 11.6 Å². The monoisotopic (exact) mass is 1140 g/mol. The van der Waals surface area contributed by atoms with Gasteiger partial charge in [0.2, 0.25) is 5.91 Å². The molecule has 436 valence electrons. The molecule has 6 aromatic rings. The summed E-state index contributed by atoms with van der Waals surface area (Å²) >= 11 is 0. The third-order valence-corrected chi connectivity index (χ3v) is 12.1. The summed E-state index contributed by atoms with van der Waals surface area (Å²) in [7, 11) is 0. The number of carboxylic acid groups (broad SMARTS) is 1. The molecule has 2 aliphatic rings. The van der Waals surface area contributed by atoms with Crippen LogP contribution in [0.4, 0.5) is 32.6 Å². The lowest BCUT2D eigenvalue weighted by Crippen LogP contribution is -2.35. The van der Waals surface area contributed by atoms with Gasteiger partial charge in [-0.2, -0.15) is 0 Å². The molecule has 24 heteroatoms. The highest BCUT2D eigenvalue weighted by molar-refractivity contribution is 6.04. The van der Waals surface area contributed by atoms with Crippen LogP contribution in [0.1, 0.15) is 90.8 Å². The molecule has 0 saturated heterocycles. The molecule has 3 amide bonds. The number of hydrogen-bond donors (Lipinski definition) is 8. The van der Waals surface area contributed by atoms with Crippen LogP contribution in [0.25, 0.3) is 22.5 Å². The third-order valence-electron chi connectivity index (χ3n) is 12.1. The van der Waals surface area contributed by atoms with Crippen molar-refractivity contribution in [3.8, 4) is 34.0 Å². The molecule has 9 N–H and O–H groups in total. The average molecular weight is 1140 g/mol. The maximum absolute atomic E-state index is 13.5. The van der Waals surface area contributed by atoms with E-state index in [9.17, 15) is 43.5 Å². The smallest absolute Gasteiger partial charge is 0.413 e. The Kier molecular flexibility index (Phi) is 19.8. The van der Waals surface area contributed by atoms with Gasteiger partial charge >= 0.3 is 30.1 Å². The van der Waals surface area contributed by atoms with Crippen molar-refractivity contribution >= 4 is 64.8 Å². The number of nitrogen functional groups attached to an aromatic ring is 1. The Morgan fingerprint density at radius 2 is 1.23 bits per heavy atom. The second kappa shape index (κ2) is 27.1. The number of alkyl carbamates (subject to hydrolysis) is 1. The van der Waals surface area contributed by atoms with Crippen molar-refractivity contribution in [3.05, 3.63) is 141 Å². The van der Waals surface area contributed by atoms with Gasteiger partial charge in [0.25, 0.3) is 11.1 Å². The van der Waals surface area contributed by atoms with Crippen LogP contribution in [-0.2, 0) is 54.9 Å². The molecular formula is C59H67N11O13. The molecule has 8 rings (SSSR count). The zero-order chi connectivity index (χ0) is 60.1. The second-order valence-electron chi connectivity index (χ2n) is 21.3. The first-order chi connectivity index (χ1) is 39.4. The van der Waals surface area contributed by atoms with Gasteiger partial charge in [0, 0.05) is 58.8 Å². The van der Waals surface area contributed by atoms with Crippen molar-refractivity contribution in [3.63, 3.8) is 0 Å². The first kappa shape index (κ1) is 60.8. The van der Waals surface area contributed by atoms with Crippen LogP contribution < -0.4 is 52.9 Å². The van der Waals surface area contributed by atoms with E-state index in [-0.39, 0.29) is 89.9 Å². The fourth-order valence-corrected chi connectivity index (χ4v) is 7.92.